The SMILES string of the molecule is NC1CNCCC1c1ccccc1F. The average Bonchev–Trinajstić information content (AvgIpc) is 2.20. The van der Waals surface area contributed by atoms with Gasteiger partial charge in [-0.05, 0) is 24.6 Å². The van der Waals surface area contributed by atoms with Gasteiger partial charge >= 0.3 is 0 Å². The van der Waals surface area contributed by atoms with Crippen molar-refractivity contribution in [3.05, 3.63) is 35.6 Å². The maximum Gasteiger partial charge on any atom is 0.126 e. The Morgan fingerprint density at radius 1 is 1.36 bits per heavy atom. The number of hydrogen-bond donors (Lipinski definition) is 2. The van der Waals surface area contributed by atoms with Gasteiger partial charge in [0.15, 0.2) is 0 Å². The summed E-state index contributed by atoms with van der Waals surface area (Å²) in [6.45, 7) is 1.70. The molecule has 76 valence electrons. The van der Waals surface area contributed by atoms with E-state index in [-0.39, 0.29) is 17.8 Å². The minimum absolute atomic E-state index is 0.0284. The fourth-order valence-corrected chi connectivity index (χ4v) is 2.04. The van der Waals surface area contributed by atoms with Crippen molar-refractivity contribution in [2.75, 3.05) is 13.1 Å². The molecule has 0 aliphatic carbocycles. The van der Waals surface area contributed by atoms with Gasteiger partial charge in [0.05, 0.1) is 0 Å². The smallest absolute Gasteiger partial charge is 0.126 e. The molecular formula is C11H15FN2. The topological polar surface area (TPSA) is 38.0 Å². The number of benzene rings is 1. The molecule has 14 heavy (non-hydrogen) atoms. The number of nitrogens with one attached hydrogen (secondary N) is 1. The molecule has 1 aromatic carbocycles. The maximum absolute atomic E-state index is 13.5. The van der Waals surface area contributed by atoms with Gasteiger partial charge in [-0.1, -0.05) is 18.2 Å². The lowest BCUT2D eigenvalue weighted by Gasteiger charge is -2.29. The van der Waals surface area contributed by atoms with Crippen molar-refractivity contribution >= 4 is 0 Å². The van der Waals surface area contributed by atoms with Gasteiger partial charge in [-0.25, -0.2) is 4.39 Å². The molecule has 1 aliphatic rings. The summed E-state index contributed by atoms with van der Waals surface area (Å²) in [5.74, 6) is 0.0345. The molecule has 0 radical (unpaired) electrons. The van der Waals surface area contributed by atoms with Crippen LogP contribution in [0.25, 0.3) is 0 Å². The predicted octanol–water partition coefficient (Wildman–Crippen LogP) is 1.23. The van der Waals surface area contributed by atoms with Crippen LogP contribution in [0.5, 0.6) is 0 Å². The zero-order valence-electron chi connectivity index (χ0n) is 8.04. The Kier molecular flexibility index (Phi) is 2.79. The van der Waals surface area contributed by atoms with Crippen molar-refractivity contribution in [2.45, 2.75) is 18.4 Å². The molecule has 3 N–H and O–H groups in total. The Balaban J connectivity index is 2.25. The highest BCUT2D eigenvalue weighted by molar-refractivity contribution is 5.24. The molecule has 1 aliphatic heterocycles. The van der Waals surface area contributed by atoms with E-state index in [0.717, 1.165) is 25.1 Å². The summed E-state index contributed by atoms with van der Waals surface area (Å²) in [6, 6.07) is 6.95. The second kappa shape index (κ2) is 4.07. The molecule has 2 atom stereocenters. The van der Waals surface area contributed by atoms with Gasteiger partial charge in [-0.3, -0.25) is 0 Å². The summed E-state index contributed by atoms with van der Waals surface area (Å²) in [5, 5.41) is 3.21. The second-order valence-electron chi connectivity index (χ2n) is 3.78. The molecule has 2 rings (SSSR count). The normalized spacial score (nSPS) is 27.6. The van der Waals surface area contributed by atoms with Gasteiger partial charge in [0.2, 0.25) is 0 Å². The Hall–Kier alpha value is -0.930. The maximum atomic E-state index is 13.5. The van der Waals surface area contributed by atoms with E-state index >= 15 is 0 Å². The Morgan fingerprint density at radius 2 is 2.14 bits per heavy atom. The van der Waals surface area contributed by atoms with Gasteiger partial charge in [0, 0.05) is 18.5 Å². The Labute approximate surface area is 83.3 Å². The third-order valence-electron chi connectivity index (χ3n) is 2.83. The van der Waals surface area contributed by atoms with Crippen LogP contribution >= 0.6 is 0 Å². The Bertz CT molecular complexity index is 314. The standard InChI is InChI=1S/C11H15FN2/c12-10-4-2-1-3-8(10)9-5-6-14-7-11(9)13/h1-4,9,11,14H,5-7,13H2. The molecule has 0 amide bonds. The fourth-order valence-electron chi connectivity index (χ4n) is 2.04. The van der Waals surface area contributed by atoms with E-state index in [0.29, 0.717) is 0 Å². The highest BCUT2D eigenvalue weighted by atomic mass is 19.1. The predicted molar refractivity (Wildman–Crippen MR) is 54.6 cm³/mol. The van der Waals surface area contributed by atoms with E-state index in [9.17, 15) is 4.39 Å². The quantitative estimate of drug-likeness (QED) is 0.705. The molecule has 3 heteroatoms. The molecule has 1 fully saturated rings. The zero-order chi connectivity index (χ0) is 9.97. The minimum atomic E-state index is -0.130. The van der Waals surface area contributed by atoms with Gasteiger partial charge in [-0.15, -0.1) is 0 Å². The summed E-state index contributed by atoms with van der Waals surface area (Å²) in [7, 11) is 0. The molecule has 0 bridgehead atoms. The number of rotatable bonds is 1. The first-order valence-electron chi connectivity index (χ1n) is 5.00. The third-order valence-corrected chi connectivity index (χ3v) is 2.83. The van der Waals surface area contributed by atoms with Crippen LogP contribution in [0.3, 0.4) is 0 Å². The molecule has 2 unspecified atom stereocenters. The summed E-state index contributed by atoms with van der Waals surface area (Å²) in [5.41, 5.74) is 6.72. The lowest BCUT2D eigenvalue weighted by Crippen LogP contribution is -2.45. The molecule has 0 aromatic heterocycles. The molecule has 1 saturated heterocycles. The van der Waals surface area contributed by atoms with E-state index in [1.165, 1.54) is 6.07 Å². The van der Waals surface area contributed by atoms with Crippen LogP contribution in [-0.2, 0) is 0 Å². The van der Waals surface area contributed by atoms with Gasteiger partial charge in [0.1, 0.15) is 5.82 Å². The molecule has 1 heterocycles. The van der Waals surface area contributed by atoms with Gasteiger partial charge in [-0.2, -0.15) is 0 Å². The van der Waals surface area contributed by atoms with Crippen molar-refractivity contribution in [3.8, 4) is 0 Å². The lowest BCUT2D eigenvalue weighted by atomic mass is 9.86. The van der Waals surface area contributed by atoms with Crippen molar-refractivity contribution < 1.29 is 4.39 Å². The van der Waals surface area contributed by atoms with Crippen LogP contribution in [0, 0.1) is 5.82 Å². The van der Waals surface area contributed by atoms with Crippen LogP contribution in [0.1, 0.15) is 17.9 Å². The van der Waals surface area contributed by atoms with Crippen molar-refractivity contribution in [1.82, 2.24) is 5.32 Å². The summed E-state index contributed by atoms with van der Waals surface area (Å²) >= 11 is 0. The van der Waals surface area contributed by atoms with Crippen LogP contribution in [-0.4, -0.2) is 19.1 Å². The molecule has 1 aromatic rings. The van der Waals surface area contributed by atoms with Gasteiger partial charge < -0.3 is 11.1 Å². The van der Waals surface area contributed by atoms with E-state index in [1.54, 1.807) is 6.07 Å². The minimum Gasteiger partial charge on any atom is -0.326 e. The Morgan fingerprint density at radius 3 is 2.86 bits per heavy atom. The van der Waals surface area contributed by atoms with Crippen LogP contribution in [0.15, 0.2) is 24.3 Å². The van der Waals surface area contributed by atoms with E-state index in [4.69, 9.17) is 5.73 Å². The molecule has 0 saturated carbocycles. The van der Waals surface area contributed by atoms with Crippen molar-refractivity contribution in [1.29, 1.82) is 0 Å². The second-order valence-corrected chi connectivity index (χ2v) is 3.78. The van der Waals surface area contributed by atoms with E-state index in [2.05, 4.69) is 5.32 Å². The third kappa shape index (κ3) is 1.79. The largest absolute Gasteiger partial charge is 0.326 e. The van der Waals surface area contributed by atoms with Crippen molar-refractivity contribution in [3.63, 3.8) is 0 Å². The highest BCUT2D eigenvalue weighted by Crippen LogP contribution is 2.26. The summed E-state index contributed by atoms with van der Waals surface area (Å²) < 4.78 is 13.5. The molecule has 0 spiro atoms. The van der Waals surface area contributed by atoms with Gasteiger partial charge in [0.25, 0.3) is 0 Å². The summed E-state index contributed by atoms with van der Waals surface area (Å²) in [4.78, 5) is 0. The monoisotopic (exact) mass is 194 g/mol. The molecular weight excluding hydrogens is 179 g/mol. The first-order chi connectivity index (χ1) is 6.79. The number of hydrogen-bond acceptors (Lipinski definition) is 2. The van der Waals surface area contributed by atoms with Crippen LogP contribution < -0.4 is 11.1 Å². The first-order valence-corrected chi connectivity index (χ1v) is 5.00. The molecule has 2 nitrogen and oxygen atoms in total. The fraction of sp³-hybridized carbons (Fsp3) is 0.455. The summed E-state index contributed by atoms with van der Waals surface area (Å²) in [6.07, 6.45) is 0.919. The van der Waals surface area contributed by atoms with E-state index in [1.807, 2.05) is 12.1 Å². The lowest BCUT2D eigenvalue weighted by molar-refractivity contribution is 0.392. The average molecular weight is 194 g/mol. The number of nitrogens with two attached hydrogens (primary N) is 1. The van der Waals surface area contributed by atoms with Crippen LogP contribution in [0.4, 0.5) is 4.39 Å². The van der Waals surface area contributed by atoms with Crippen LogP contribution in [0.2, 0.25) is 0 Å². The zero-order valence-corrected chi connectivity index (χ0v) is 8.04. The van der Waals surface area contributed by atoms with E-state index < -0.39 is 0 Å². The van der Waals surface area contributed by atoms with Crippen molar-refractivity contribution in [2.24, 2.45) is 5.73 Å². The highest BCUT2D eigenvalue weighted by Gasteiger charge is 2.24. The number of halogens is 1. The number of piperidine rings is 1. The first kappa shape index (κ1) is 9.62.